The van der Waals surface area contributed by atoms with Crippen LogP contribution in [0.25, 0.3) is 0 Å². The molecule has 1 amide bonds. The van der Waals surface area contributed by atoms with Crippen molar-refractivity contribution in [2.45, 2.75) is 33.3 Å². The second kappa shape index (κ2) is 8.92. The number of aryl methyl sites for hydroxylation is 1. The van der Waals surface area contributed by atoms with E-state index >= 15 is 0 Å². The summed E-state index contributed by atoms with van der Waals surface area (Å²) in [6, 6.07) is 13.1. The minimum Gasteiger partial charge on any atom is -0.489 e. The zero-order valence-corrected chi connectivity index (χ0v) is 15.0. The number of carbonyl (C=O) groups excluding carboxylic acids is 1. The van der Waals surface area contributed by atoms with Crippen molar-refractivity contribution in [2.24, 2.45) is 0 Å². The molecule has 0 fully saturated rings. The average molecular weight is 339 g/mol. The number of hydrogen-bond acceptors (Lipinski definition) is 3. The molecule has 0 radical (unpaired) electrons. The first-order chi connectivity index (χ1) is 12.0. The Morgan fingerprint density at radius 2 is 2.00 bits per heavy atom. The molecule has 0 bridgehead atoms. The van der Waals surface area contributed by atoms with Gasteiger partial charge in [0.15, 0.2) is 6.10 Å². The summed E-state index contributed by atoms with van der Waals surface area (Å²) in [5, 5.41) is 2.89. The predicted octanol–water partition coefficient (Wildman–Crippen LogP) is 4.66. The Bertz CT molecular complexity index is 740. The summed E-state index contributed by atoms with van der Waals surface area (Å²) in [6.45, 7) is 10.00. The molecule has 0 saturated heterocycles. The molecule has 0 heterocycles. The van der Waals surface area contributed by atoms with Crippen LogP contribution in [0.3, 0.4) is 0 Å². The van der Waals surface area contributed by atoms with Crippen molar-refractivity contribution >= 4 is 11.6 Å². The lowest BCUT2D eigenvalue weighted by atomic mass is 10.1. The van der Waals surface area contributed by atoms with E-state index in [0.717, 1.165) is 16.9 Å². The molecule has 4 heteroatoms. The molecule has 1 N–H and O–H groups in total. The second-order valence-electron chi connectivity index (χ2n) is 5.83. The number of rotatable bonds is 8. The molecule has 25 heavy (non-hydrogen) atoms. The van der Waals surface area contributed by atoms with Crippen molar-refractivity contribution in [1.82, 2.24) is 0 Å². The van der Waals surface area contributed by atoms with E-state index in [9.17, 15) is 4.79 Å². The van der Waals surface area contributed by atoms with Crippen LogP contribution in [0.4, 0.5) is 5.69 Å². The lowest BCUT2D eigenvalue weighted by molar-refractivity contribution is -0.122. The van der Waals surface area contributed by atoms with Crippen molar-refractivity contribution in [1.29, 1.82) is 0 Å². The van der Waals surface area contributed by atoms with E-state index in [1.54, 1.807) is 12.1 Å². The van der Waals surface area contributed by atoms with E-state index in [1.807, 2.05) is 57.2 Å². The van der Waals surface area contributed by atoms with Gasteiger partial charge in [0.1, 0.15) is 18.1 Å². The van der Waals surface area contributed by atoms with E-state index in [4.69, 9.17) is 9.47 Å². The summed E-state index contributed by atoms with van der Waals surface area (Å²) in [4.78, 5) is 12.6. The number of hydrogen-bond donors (Lipinski definition) is 1. The van der Waals surface area contributed by atoms with Crippen LogP contribution in [0.5, 0.6) is 11.5 Å². The molecule has 0 saturated carbocycles. The van der Waals surface area contributed by atoms with E-state index in [0.29, 0.717) is 24.5 Å². The molecule has 4 nitrogen and oxygen atoms in total. The lowest BCUT2D eigenvalue weighted by Gasteiger charge is -2.19. The minimum atomic E-state index is -0.557. The van der Waals surface area contributed by atoms with Gasteiger partial charge in [0.2, 0.25) is 0 Å². The van der Waals surface area contributed by atoms with Crippen molar-refractivity contribution < 1.29 is 14.3 Å². The van der Waals surface area contributed by atoms with Gasteiger partial charge in [0, 0.05) is 11.8 Å². The molecule has 1 atom stereocenters. The monoisotopic (exact) mass is 339 g/mol. The van der Waals surface area contributed by atoms with Gasteiger partial charge >= 0.3 is 0 Å². The van der Waals surface area contributed by atoms with Gasteiger partial charge in [-0.25, -0.2) is 0 Å². The fourth-order valence-electron chi connectivity index (χ4n) is 2.37. The maximum atomic E-state index is 12.6. The van der Waals surface area contributed by atoms with Gasteiger partial charge in [-0.05, 0) is 49.6 Å². The summed E-state index contributed by atoms with van der Waals surface area (Å²) >= 11 is 0. The first-order valence-electron chi connectivity index (χ1n) is 8.42. The summed E-state index contributed by atoms with van der Waals surface area (Å²) in [7, 11) is 0. The maximum absolute atomic E-state index is 12.6. The first kappa shape index (κ1) is 18.6. The Morgan fingerprint density at radius 1 is 1.24 bits per heavy atom. The topological polar surface area (TPSA) is 47.6 Å². The first-order valence-corrected chi connectivity index (χ1v) is 8.42. The fraction of sp³-hybridized carbons (Fsp3) is 0.286. The molecular formula is C21H25NO3. The fourth-order valence-corrected chi connectivity index (χ4v) is 2.37. The van der Waals surface area contributed by atoms with Crippen LogP contribution in [0.15, 0.2) is 55.1 Å². The molecule has 0 unspecified atom stereocenters. The summed E-state index contributed by atoms with van der Waals surface area (Å²) in [5.41, 5.74) is 2.86. The standard InChI is InChI=1S/C21H25NO3/c1-5-13-24-18-11-8-10-17(14-18)22-21(23)19(6-2)25-20-12-7-9-15(3)16(20)4/h5,7-12,14,19H,1,6,13H2,2-4H3,(H,22,23)/t19-/m0/s1. The number of benzene rings is 2. The van der Waals surface area contributed by atoms with Gasteiger partial charge in [0.25, 0.3) is 5.91 Å². The van der Waals surface area contributed by atoms with Crippen LogP contribution < -0.4 is 14.8 Å². The Balaban J connectivity index is 2.07. The Hall–Kier alpha value is -2.75. The molecule has 2 rings (SSSR count). The Labute approximate surface area is 149 Å². The highest BCUT2D eigenvalue weighted by Crippen LogP contribution is 2.23. The van der Waals surface area contributed by atoms with E-state index in [1.165, 1.54) is 0 Å². The average Bonchev–Trinajstić information content (AvgIpc) is 2.61. The SMILES string of the molecule is C=CCOc1cccc(NC(=O)[C@H](CC)Oc2cccc(C)c2C)c1. The van der Waals surface area contributed by atoms with Crippen LogP contribution in [0.2, 0.25) is 0 Å². The zero-order chi connectivity index (χ0) is 18.2. The third-order valence-electron chi connectivity index (χ3n) is 3.96. The van der Waals surface area contributed by atoms with E-state index < -0.39 is 6.10 Å². The van der Waals surface area contributed by atoms with E-state index in [-0.39, 0.29) is 5.91 Å². The van der Waals surface area contributed by atoms with Crippen LogP contribution >= 0.6 is 0 Å². The van der Waals surface area contributed by atoms with Gasteiger partial charge in [-0.3, -0.25) is 4.79 Å². The summed E-state index contributed by atoms with van der Waals surface area (Å²) < 4.78 is 11.4. The third kappa shape index (κ3) is 5.11. The van der Waals surface area contributed by atoms with Gasteiger partial charge < -0.3 is 14.8 Å². The molecule has 0 aromatic heterocycles. The molecular weight excluding hydrogens is 314 g/mol. The Morgan fingerprint density at radius 3 is 2.72 bits per heavy atom. The van der Waals surface area contributed by atoms with Crippen molar-refractivity contribution in [2.75, 3.05) is 11.9 Å². The van der Waals surface area contributed by atoms with Gasteiger partial charge in [-0.15, -0.1) is 0 Å². The molecule has 132 valence electrons. The van der Waals surface area contributed by atoms with Crippen LogP contribution in [0, 0.1) is 13.8 Å². The van der Waals surface area contributed by atoms with Crippen LogP contribution in [0.1, 0.15) is 24.5 Å². The lowest BCUT2D eigenvalue weighted by Crippen LogP contribution is -2.32. The number of ether oxygens (including phenoxy) is 2. The van der Waals surface area contributed by atoms with Crippen molar-refractivity contribution in [3.05, 3.63) is 66.2 Å². The summed E-state index contributed by atoms with van der Waals surface area (Å²) in [5.74, 6) is 1.25. The highest BCUT2D eigenvalue weighted by Gasteiger charge is 2.19. The van der Waals surface area contributed by atoms with Crippen molar-refractivity contribution in [3.63, 3.8) is 0 Å². The van der Waals surface area contributed by atoms with Crippen LogP contribution in [-0.4, -0.2) is 18.6 Å². The molecule has 0 aliphatic carbocycles. The van der Waals surface area contributed by atoms with Gasteiger partial charge in [-0.2, -0.15) is 0 Å². The Kier molecular flexibility index (Phi) is 6.63. The number of anilines is 1. The molecule has 2 aromatic carbocycles. The van der Waals surface area contributed by atoms with Gasteiger partial charge in [0.05, 0.1) is 0 Å². The molecule has 2 aromatic rings. The highest BCUT2D eigenvalue weighted by atomic mass is 16.5. The van der Waals surface area contributed by atoms with E-state index in [2.05, 4.69) is 11.9 Å². The third-order valence-corrected chi connectivity index (χ3v) is 3.96. The number of carbonyl (C=O) groups is 1. The highest BCUT2D eigenvalue weighted by molar-refractivity contribution is 5.94. The smallest absolute Gasteiger partial charge is 0.265 e. The zero-order valence-electron chi connectivity index (χ0n) is 15.0. The van der Waals surface area contributed by atoms with Crippen LogP contribution in [-0.2, 0) is 4.79 Å². The largest absolute Gasteiger partial charge is 0.489 e. The molecule has 0 aliphatic rings. The quantitative estimate of drug-likeness (QED) is 0.711. The summed E-state index contributed by atoms with van der Waals surface area (Å²) in [6.07, 6.45) is 1.70. The number of amides is 1. The second-order valence-corrected chi connectivity index (χ2v) is 5.83. The molecule has 0 aliphatic heterocycles. The maximum Gasteiger partial charge on any atom is 0.265 e. The van der Waals surface area contributed by atoms with Gasteiger partial charge in [-0.1, -0.05) is 37.8 Å². The predicted molar refractivity (Wildman–Crippen MR) is 101 cm³/mol. The minimum absolute atomic E-state index is 0.177. The van der Waals surface area contributed by atoms with Crippen molar-refractivity contribution in [3.8, 4) is 11.5 Å². The number of nitrogens with one attached hydrogen (secondary N) is 1. The molecule has 0 spiro atoms. The normalized spacial score (nSPS) is 11.5.